The van der Waals surface area contributed by atoms with Crippen LogP contribution >= 0.6 is 0 Å². The van der Waals surface area contributed by atoms with Crippen molar-refractivity contribution in [2.75, 3.05) is 27.7 Å². The van der Waals surface area contributed by atoms with Gasteiger partial charge in [-0.1, -0.05) is 33.4 Å². The Morgan fingerprint density at radius 3 is 1.75 bits per heavy atom. The smallest absolute Gasteiger partial charge is 0.118 e. The first kappa shape index (κ1) is 17.4. The van der Waals surface area contributed by atoms with Crippen LogP contribution in [-0.4, -0.2) is 32.6 Å². The van der Waals surface area contributed by atoms with E-state index in [2.05, 4.69) is 45.0 Å². The summed E-state index contributed by atoms with van der Waals surface area (Å²) in [5.41, 5.74) is 1.35. The van der Waals surface area contributed by atoms with Gasteiger partial charge >= 0.3 is 0 Å². The maximum atomic E-state index is 5.01. The molecule has 0 aliphatic carbocycles. The van der Waals surface area contributed by atoms with Gasteiger partial charge < -0.3 is 9.64 Å². The predicted molar refractivity (Wildman–Crippen MR) is 73.3 cm³/mol. The first-order valence-corrected chi connectivity index (χ1v) is 5.41. The van der Waals surface area contributed by atoms with Crippen molar-refractivity contribution in [1.29, 1.82) is 0 Å². The van der Waals surface area contributed by atoms with Gasteiger partial charge in [-0.05, 0) is 44.8 Å². The number of rotatable bonds is 3. The lowest BCUT2D eigenvalue weighted by Crippen LogP contribution is -2.08. The summed E-state index contributed by atoms with van der Waals surface area (Å²) in [5, 5.41) is 0. The molecule has 94 valence electrons. The van der Waals surface area contributed by atoms with Crippen LogP contribution in [0.4, 0.5) is 0 Å². The number of methoxy groups -OCH3 is 1. The summed E-state index contributed by atoms with van der Waals surface area (Å²) in [4.78, 5) is 2.12. The van der Waals surface area contributed by atoms with Gasteiger partial charge in [0, 0.05) is 0 Å². The van der Waals surface area contributed by atoms with Crippen molar-refractivity contribution in [2.45, 2.75) is 27.7 Å². The van der Waals surface area contributed by atoms with Gasteiger partial charge in [-0.3, -0.25) is 0 Å². The highest BCUT2D eigenvalue weighted by Crippen LogP contribution is 2.10. The highest BCUT2D eigenvalue weighted by molar-refractivity contribution is 5.26. The summed E-state index contributed by atoms with van der Waals surface area (Å²) in [6, 6.07) is 8.13. The largest absolute Gasteiger partial charge is 0.497 e. The third-order valence-corrected chi connectivity index (χ3v) is 2.20. The van der Waals surface area contributed by atoms with Crippen molar-refractivity contribution < 1.29 is 4.74 Å². The van der Waals surface area contributed by atoms with E-state index in [9.17, 15) is 0 Å². The summed E-state index contributed by atoms with van der Waals surface area (Å²) in [5.74, 6) is 0.928. The van der Waals surface area contributed by atoms with Crippen molar-refractivity contribution in [3.63, 3.8) is 0 Å². The highest BCUT2D eigenvalue weighted by Gasteiger charge is 1.89. The van der Waals surface area contributed by atoms with Crippen molar-refractivity contribution >= 4 is 0 Å². The van der Waals surface area contributed by atoms with Crippen molar-refractivity contribution in [3.05, 3.63) is 29.8 Å². The Kier molecular flexibility index (Phi) is 11.4. The minimum Gasteiger partial charge on any atom is -0.497 e. The standard InChI is InChI=1S/C9H12O.C4H11N.CH4/c1-3-8-4-6-9(10-2)7-5-8;1-4-5(2)3;/h4-7H,3H2,1-2H3;4H2,1-3H3;1H4. The molecule has 2 heteroatoms. The zero-order valence-electron chi connectivity index (χ0n) is 10.6. The number of nitrogens with zero attached hydrogens (tertiary/aromatic N) is 1. The Morgan fingerprint density at radius 2 is 1.50 bits per heavy atom. The summed E-state index contributed by atoms with van der Waals surface area (Å²) in [7, 11) is 5.79. The minimum atomic E-state index is 0. The van der Waals surface area contributed by atoms with Gasteiger partial charge in [-0.2, -0.15) is 0 Å². The minimum absolute atomic E-state index is 0. The number of ether oxygens (including phenoxy) is 1. The molecule has 0 bridgehead atoms. The third-order valence-electron chi connectivity index (χ3n) is 2.20. The van der Waals surface area contributed by atoms with Crippen LogP contribution in [0.2, 0.25) is 0 Å². The Bertz CT molecular complexity index is 218. The topological polar surface area (TPSA) is 12.5 Å². The fraction of sp³-hybridized carbons (Fsp3) is 0.571. The normalized spacial score (nSPS) is 8.88. The summed E-state index contributed by atoms with van der Waals surface area (Å²) in [6.07, 6.45) is 1.09. The Labute approximate surface area is 101 Å². The molecule has 0 aliphatic heterocycles. The fourth-order valence-corrected chi connectivity index (χ4v) is 0.861. The molecule has 0 saturated heterocycles. The van der Waals surface area contributed by atoms with Crippen LogP contribution in [0.15, 0.2) is 24.3 Å². The summed E-state index contributed by atoms with van der Waals surface area (Å²) >= 11 is 0. The van der Waals surface area contributed by atoms with E-state index in [1.165, 1.54) is 5.56 Å². The summed E-state index contributed by atoms with van der Waals surface area (Å²) in [6.45, 7) is 5.40. The zero-order chi connectivity index (χ0) is 11.7. The molecule has 16 heavy (non-hydrogen) atoms. The van der Waals surface area contributed by atoms with Gasteiger partial charge in [0.1, 0.15) is 5.75 Å². The van der Waals surface area contributed by atoms with Crippen molar-refractivity contribution in [3.8, 4) is 5.75 Å². The van der Waals surface area contributed by atoms with E-state index in [1.54, 1.807) is 7.11 Å². The van der Waals surface area contributed by atoms with E-state index in [0.29, 0.717) is 0 Å². The van der Waals surface area contributed by atoms with Gasteiger partial charge in [-0.15, -0.1) is 0 Å². The van der Waals surface area contributed by atoms with Crippen LogP contribution < -0.4 is 4.74 Å². The molecule has 0 radical (unpaired) electrons. The lowest BCUT2D eigenvalue weighted by molar-refractivity contribution is 0.414. The molecule has 0 heterocycles. The van der Waals surface area contributed by atoms with Gasteiger partial charge in [0.15, 0.2) is 0 Å². The van der Waals surface area contributed by atoms with E-state index in [-0.39, 0.29) is 7.43 Å². The van der Waals surface area contributed by atoms with E-state index in [0.717, 1.165) is 18.7 Å². The Hall–Kier alpha value is -1.02. The molecule has 0 amide bonds. The van der Waals surface area contributed by atoms with E-state index >= 15 is 0 Å². The number of hydrogen-bond acceptors (Lipinski definition) is 2. The second kappa shape index (κ2) is 10.5. The first-order valence-electron chi connectivity index (χ1n) is 5.41. The van der Waals surface area contributed by atoms with Gasteiger partial charge in [0.25, 0.3) is 0 Å². The van der Waals surface area contributed by atoms with Crippen LogP contribution in [-0.2, 0) is 6.42 Å². The van der Waals surface area contributed by atoms with Crippen LogP contribution in [0.3, 0.4) is 0 Å². The number of aryl methyl sites for hydroxylation is 1. The van der Waals surface area contributed by atoms with Crippen LogP contribution in [0, 0.1) is 0 Å². The molecule has 0 N–H and O–H groups in total. The first-order chi connectivity index (χ1) is 7.13. The molecule has 0 spiro atoms. The Balaban J connectivity index is 0. The van der Waals surface area contributed by atoms with Crippen molar-refractivity contribution in [1.82, 2.24) is 4.90 Å². The Morgan fingerprint density at radius 1 is 1.06 bits per heavy atom. The molecule has 0 fully saturated rings. The highest BCUT2D eigenvalue weighted by atomic mass is 16.5. The molecule has 1 aromatic carbocycles. The van der Waals surface area contributed by atoms with Crippen LogP contribution in [0.25, 0.3) is 0 Å². The van der Waals surface area contributed by atoms with Gasteiger partial charge in [-0.25, -0.2) is 0 Å². The van der Waals surface area contributed by atoms with Gasteiger partial charge in [0.2, 0.25) is 0 Å². The lowest BCUT2D eigenvalue weighted by atomic mass is 10.2. The molecule has 0 aliphatic rings. The molecule has 0 saturated carbocycles. The average Bonchev–Trinajstić information content (AvgIpc) is 2.30. The van der Waals surface area contributed by atoms with Crippen LogP contribution in [0.1, 0.15) is 26.8 Å². The van der Waals surface area contributed by atoms with Crippen LogP contribution in [0.5, 0.6) is 5.75 Å². The number of hydrogen-bond donors (Lipinski definition) is 0. The predicted octanol–water partition coefficient (Wildman–Crippen LogP) is 3.46. The molecule has 1 rings (SSSR count). The third kappa shape index (κ3) is 8.30. The second-order valence-electron chi connectivity index (χ2n) is 3.60. The van der Waals surface area contributed by atoms with Crippen molar-refractivity contribution in [2.24, 2.45) is 0 Å². The molecule has 0 aromatic heterocycles. The lowest BCUT2D eigenvalue weighted by Gasteiger charge is -2.00. The molecule has 0 atom stereocenters. The number of benzene rings is 1. The molecule has 0 unspecified atom stereocenters. The monoisotopic (exact) mass is 225 g/mol. The molecule has 2 nitrogen and oxygen atoms in total. The molecular weight excluding hydrogens is 198 g/mol. The summed E-state index contributed by atoms with van der Waals surface area (Å²) < 4.78 is 5.01. The maximum absolute atomic E-state index is 5.01. The quantitative estimate of drug-likeness (QED) is 0.781. The molecular formula is C14H27NO. The molecule has 1 aromatic rings. The van der Waals surface area contributed by atoms with E-state index in [1.807, 2.05) is 12.1 Å². The van der Waals surface area contributed by atoms with Gasteiger partial charge in [0.05, 0.1) is 7.11 Å². The SMILES string of the molecule is C.CCN(C)C.CCc1ccc(OC)cc1. The fourth-order valence-electron chi connectivity index (χ4n) is 0.861. The maximum Gasteiger partial charge on any atom is 0.118 e. The van der Waals surface area contributed by atoms with E-state index in [4.69, 9.17) is 4.74 Å². The average molecular weight is 225 g/mol. The zero-order valence-corrected chi connectivity index (χ0v) is 10.6. The van der Waals surface area contributed by atoms with E-state index < -0.39 is 0 Å². The second-order valence-corrected chi connectivity index (χ2v) is 3.60.